The fourth-order valence-electron chi connectivity index (χ4n) is 8.73. The van der Waals surface area contributed by atoms with Crippen molar-refractivity contribution in [3.05, 3.63) is 23.5 Å². The van der Waals surface area contributed by atoms with Gasteiger partial charge < -0.3 is 29.2 Å². The molecule has 0 bridgehead atoms. The summed E-state index contributed by atoms with van der Waals surface area (Å²) in [5.41, 5.74) is -4.06. The number of hydrogen-bond acceptors (Lipinski definition) is 10. The number of Topliss-reactive ketones (excluding diaryl/α,β-unsaturated/α-hetero) is 1. The molecule has 1 spiro atoms. The maximum atomic E-state index is 14.0. The Hall–Kier alpha value is -2.56. The second-order valence-electron chi connectivity index (χ2n) is 13.0. The Morgan fingerprint density at radius 3 is 2.59 bits per heavy atom. The van der Waals surface area contributed by atoms with Gasteiger partial charge >= 0.3 is 17.9 Å². The average molecular weight is 545 g/mol. The summed E-state index contributed by atoms with van der Waals surface area (Å²) < 4.78 is 23.3. The normalized spacial score (nSPS) is 48.3. The number of carbonyl (C=O) groups is 4. The molecule has 2 saturated carbocycles. The first-order chi connectivity index (χ1) is 18.2. The minimum absolute atomic E-state index is 0.0511. The van der Waals surface area contributed by atoms with Gasteiger partial charge in [0.2, 0.25) is 0 Å². The van der Waals surface area contributed by atoms with Gasteiger partial charge in [-0.3, -0.25) is 14.4 Å². The van der Waals surface area contributed by atoms with Crippen molar-refractivity contribution in [2.24, 2.45) is 29.1 Å². The number of esters is 3. The maximum Gasteiger partial charge on any atom is 0.339 e. The molecular formula is C29H36O10. The highest BCUT2D eigenvalue weighted by Gasteiger charge is 2.74. The zero-order valence-corrected chi connectivity index (χ0v) is 22.7. The summed E-state index contributed by atoms with van der Waals surface area (Å²) >= 11 is 0. The molecule has 0 aromatic rings. The highest BCUT2D eigenvalue weighted by Crippen LogP contribution is 2.64. The zero-order valence-electron chi connectivity index (χ0n) is 22.7. The SMILES string of the molecule is CC1=C/C(=C/[C@H](C)C(=O)[C@]2(C)CC(=O)O[C@@H]3[C@H]4CC[C@@H]5[C@@]6(C[C@@]4(O)C[C@@H]32)OC(=O)C[C@H]6O[C@@]5(C)CO)OC1=O. The Bertz CT molecular complexity index is 1220. The lowest BCUT2D eigenvalue weighted by Gasteiger charge is -2.43. The Morgan fingerprint density at radius 1 is 1.18 bits per heavy atom. The van der Waals surface area contributed by atoms with E-state index in [1.807, 2.05) is 6.92 Å². The van der Waals surface area contributed by atoms with Gasteiger partial charge in [0.1, 0.15) is 29.4 Å². The lowest BCUT2D eigenvalue weighted by molar-refractivity contribution is -0.177. The Balaban J connectivity index is 1.33. The summed E-state index contributed by atoms with van der Waals surface area (Å²) in [5, 5.41) is 22.5. The number of fused-ring (bicyclic) bond motifs is 3. The van der Waals surface area contributed by atoms with E-state index >= 15 is 0 Å². The second-order valence-corrected chi connectivity index (χ2v) is 13.0. The van der Waals surface area contributed by atoms with Crippen LogP contribution >= 0.6 is 0 Å². The number of ketones is 1. The van der Waals surface area contributed by atoms with Crippen LogP contribution in [0.15, 0.2) is 23.5 Å². The van der Waals surface area contributed by atoms with Crippen LogP contribution in [0, 0.1) is 29.1 Å². The third-order valence-electron chi connectivity index (χ3n) is 10.5. The molecule has 10 nitrogen and oxygen atoms in total. The highest BCUT2D eigenvalue weighted by molar-refractivity contribution is 5.94. The maximum absolute atomic E-state index is 14.0. The molecule has 5 fully saturated rings. The predicted octanol–water partition coefficient (Wildman–Crippen LogP) is 1.90. The molecule has 0 amide bonds. The predicted molar refractivity (Wildman–Crippen MR) is 132 cm³/mol. The van der Waals surface area contributed by atoms with Crippen LogP contribution in [0.2, 0.25) is 0 Å². The third kappa shape index (κ3) is 3.70. The van der Waals surface area contributed by atoms with Crippen LogP contribution in [0.5, 0.6) is 0 Å². The average Bonchev–Trinajstić information content (AvgIpc) is 3.46. The minimum Gasteiger partial charge on any atom is -0.462 e. The number of rotatable bonds is 4. The standard InChI is InChI=1S/C29H36O10/c1-14(7-16-8-15(2)25(34)36-16)24(33)26(3)11-22(32)37-23-17-5-6-19-27(4,13-30)38-20-9-21(31)39-29(19,20)12-28(17,35)10-18(23)26/h7-8,14,17-20,23,30,35H,5-6,9-13H2,1-4H3/b16-7-/t14-,17+,18-,19-,20+,23+,26+,27-,28-,29+/m0/s1. The fraction of sp³-hybridized carbons (Fsp3) is 0.724. The number of allylic oxidation sites excluding steroid dienone is 2. The summed E-state index contributed by atoms with van der Waals surface area (Å²) in [6.07, 6.45) is 3.10. The van der Waals surface area contributed by atoms with Crippen LogP contribution in [0.3, 0.4) is 0 Å². The van der Waals surface area contributed by atoms with Crippen molar-refractivity contribution in [2.45, 2.75) is 95.2 Å². The third-order valence-corrected chi connectivity index (χ3v) is 10.5. The van der Waals surface area contributed by atoms with Crippen molar-refractivity contribution in [3.8, 4) is 0 Å². The summed E-state index contributed by atoms with van der Waals surface area (Å²) in [5.74, 6) is -3.11. The zero-order chi connectivity index (χ0) is 28.1. The van der Waals surface area contributed by atoms with E-state index in [4.69, 9.17) is 18.9 Å². The van der Waals surface area contributed by atoms with Gasteiger partial charge in [-0.1, -0.05) is 13.8 Å². The smallest absolute Gasteiger partial charge is 0.339 e. The molecule has 0 aromatic carbocycles. The summed E-state index contributed by atoms with van der Waals surface area (Å²) in [6, 6.07) is 0. The van der Waals surface area contributed by atoms with Gasteiger partial charge in [0.25, 0.3) is 0 Å². The first kappa shape index (κ1) is 26.7. The molecule has 0 aromatic heterocycles. The van der Waals surface area contributed by atoms with Gasteiger partial charge in [-0.15, -0.1) is 0 Å². The second kappa shape index (κ2) is 8.47. The Labute approximate surface area is 226 Å². The highest BCUT2D eigenvalue weighted by atomic mass is 16.6. The molecule has 6 aliphatic rings. The van der Waals surface area contributed by atoms with E-state index in [0.29, 0.717) is 24.2 Å². The van der Waals surface area contributed by atoms with Gasteiger partial charge in [0, 0.05) is 41.1 Å². The molecular weight excluding hydrogens is 508 g/mol. The molecule has 0 radical (unpaired) electrons. The van der Waals surface area contributed by atoms with Crippen LogP contribution in [-0.2, 0) is 38.1 Å². The van der Waals surface area contributed by atoms with Gasteiger partial charge in [-0.25, -0.2) is 4.79 Å². The van der Waals surface area contributed by atoms with Crippen LogP contribution in [-0.4, -0.2) is 69.5 Å². The molecule has 4 heterocycles. The van der Waals surface area contributed by atoms with E-state index in [2.05, 4.69) is 0 Å². The lowest BCUT2D eigenvalue weighted by atomic mass is 9.64. The van der Waals surface area contributed by atoms with Crippen molar-refractivity contribution in [2.75, 3.05) is 6.61 Å². The number of aliphatic hydroxyl groups excluding tert-OH is 1. The first-order valence-electron chi connectivity index (χ1n) is 13.8. The van der Waals surface area contributed by atoms with E-state index in [1.54, 1.807) is 32.9 Å². The van der Waals surface area contributed by atoms with Gasteiger partial charge in [0.15, 0.2) is 0 Å². The van der Waals surface area contributed by atoms with Crippen LogP contribution in [0.25, 0.3) is 0 Å². The number of cyclic esters (lactones) is 1. The molecule has 4 aliphatic heterocycles. The minimum atomic E-state index is -1.37. The van der Waals surface area contributed by atoms with Crippen molar-refractivity contribution in [1.29, 1.82) is 0 Å². The van der Waals surface area contributed by atoms with E-state index in [9.17, 15) is 29.4 Å². The quantitative estimate of drug-likeness (QED) is 0.397. The van der Waals surface area contributed by atoms with Crippen molar-refractivity contribution in [3.63, 3.8) is 0 Å². The van der Waals surface area contributed by atoms with E-state index < -0.39 is 70.1 Å². The molecule has 3 saturated heterocycles. The van der Waals surface area contributed by atoms with Gasteiger partial charge in [-0.05, 0) is 45.3 Å². The van der Waals surface area contributed by atoms with Gasteiger partial charge in [-0.2, -0.15) is 0 Å². The fourth-order valence-corrected chi connectivity index (χ4v) is 8.73. The Morgan fingerprint density at radius 2 is 1.92 bits per heavy atom. The van der Waals surface area contributed by atoms with Crippen LogP contribution < -0.4 is 0 Å². The molecule has 2 aliphatic carbocycles. The summed E-state index contributed by atoms with van der Waals surface area (Å²) in [7, 11) is 0. The van der Waals surface area contributed by atoms with Crippen molar-refractivity contribution < 1.29 is 48.3 Å². The van der Waals surface area contributed by atoms with Crippen LogP contribution in [0.4, 0.5) is 0 Å². The van der Waals surface area contributed by atoms with E-state index in [-0.39, 0.29) is 44.0 Å². The van der Waals surface area contributed by atoms with E-state index in [1.165, 1.54) is 0 Å². The number of aliphatic hydroxyl groups is 2. The van der Waals surface area contributed by atoms with Crippen molar-refractivity contribution in [1.82, 2.24) is 0 Å². The molecule has 39 heavy (non-hydrogen) atoms. The van der Waals surface area contributed by atoms with Crippen LogP contribution in [0.1, 0.15) is 66.2 Å². The van der Waals surface area contributed by atoms with Crippen molar-refractivity contribution >= 4 is 23.7 Å². The summed E-state index contributed by atoms with van der Waals surface area (Å²) in [6.45, 7) is 6.67. The van der Waals surface area contributed by atoms with Gasteiger partial charge in [0.05, 0.1) is 30.7 Å². The first-order valence-corrected chi connectivity index (χ1v) is 13.8. The largest absolute Gasteiger partial charge is 0.462 e. The summed E-state index contributed by atoms with van der Waals surface area (Å²) in [4.78, 5) is 51.1. The molecule has 10 atom stereocenters. The number of carbonyl (C=O) groups excluding carboxylic acids is 4. The lowest BCUT2D eigenvalue weighted by Crippen LogP contribution is -2.51. The number of ether oxygens (including phenoxy) is 4. The molecule has 2 N–H and O–H groups in total. The van der Waals surface area contributed by atoms with E-state index in [0.717, 1.165) is 0 Å². The monoisotopic (exact) mass is 544 g/mol. The Kier molecular flexibility index (Phi) is 5.79. The number of hydrogen-bond donors (Lipinski definition) is 2. The molecule has 0 unspecified atom stereocenters. The molecule has 10 heteroatoms. The topological polar surface area (TPSA) is 146 Å². The molecule has 6 rings (SSSR count). The molecule has 212 valence electrons.